The maximum atomic E-state index is 5.95. The summed E-state index contributed by atoms with van der Waals surface area (Å²) in [5.74, 6) is 1.40. The maximum Gasteiger partial charge on any atom is 0.283 e. The predicted molar refractivity (Wildman–Crippen MR) is 123 cm³/mol. The average Bonchev–Trinajstić information content (AvgIpc) is 3.41. The molecular weight excluding hydrogens is 454 g/mol. The van der Waals surface area contributed by atoms with Crippen LogP contribution in [0.25, 0.3) is 32.1 Å². The molecule has 5 rings (SSSR count). The average molecular weight is 468 g/mol. The monoisotopic (exact) mass is 467 g/mol. The van der Waals surface area contributed by atoms with Gasteiger partial charge in [0, 0.05) is 15.5 Å². The van der Waals surface area contributed by atoms with Crippen molar-refractivity contribution in [2.24, 2.45) is 0 Å². The minimum absolute atomic E-state index is 0.187. The summed E-state index contributed by atoms with van der Waals surface area (Å²) in [6, 6.07) is 17.0. The summed E-state index contributed by atoms with van der Waals surface area (Å²) in [6.07, 6.45) is 0. The number of fused-ring (bicyclic) bond motifs is 1. The Bertz CT molecular complexity index is 1370. The Kier molecular flexibility index (Phi) is 5.23. The Hall–Kier alpha value is -3.14. The molecule has 0 spiro atoms. The number of benzene rings is 2. The highest BCUT2D eigenvalue weighted by Gasteiger charge is 2.17. The van der Waals surface area contributed by atoms with Gasteiger partial charge in [-0.1, -0.05) is 11.6 Å². The van der Waals surface area contributed by atoms with Crippen LogP contribution in [0.2, 0.25) is 5.02 Å². The van der Waals surface area contributed by atoms with Crippen LogP contribution in [-0.4, -0.2) is 27.3 Å². The summed E-state index contributed by atoms with van der Waals surface area (Å²) in [4.78, 5) is 9.83. The van der Waals surface area contributed by atoms with Gasteiger partial charge in [-0.05, 0) is 71.9 Å². The predicted octanol–water partition coefficient (Wildman–Crippen LogP) is 5.80. The Morgan fingerprint density at radius 3 is 2.48 bits per heavy atom. The standard InChI is InChI=1S/C21H14ClN5O2S2/c1-28-14-8-4-11(5-9-14)16-10-15-17(30-16)19(25-20(23)24-15)31-21-27-26-18(29-21)12-2-6-13(22)7-3-12/h2-10H,1H3,(H2,23,24,25). The van der Waals surface area contributed by atoms with E-state index in [1.54, 1.807) is 30.6 Å². The van der Waals surface area contributed by atoms with Crippen molar-refractivity contribution in [3.63, 3.8) is 0 Å². The largest absolute Gasteiger partial charge is 0.497 e. The zero-order valence-corrected chi connectivity index (χ0v) is 18.5. The summed E-state index contributed by atoms with van der Waals surface area (Å²) < 4.78 is 11.9. The van der Waals surface area contributed by atoms with Gasteiger partial charge >= 0.3 is 0 Å². The molecule has 0 saturated heterocycles. The van der Waals surface area contributed by atoms with E-state index >= 15 is 0 Å². The smallest absolute Gasteiger partial charge is 0.283 e. The van der Waals surface area contributed by atoms with Crippen molar-refractivity contribution in [1.29, 1.82) is 0 Å². The quantitative estimate of drug-likeness (QED) is 0.323. The number of thiophene rings is 1. The van der Waals surface area contributed by atoms with E-state index in [0.29, 0.717) is 21.2 Å². The van der Waals surface area contributed by atoms with Crippen molar-refractivity contribution >= 4 is 50.9 Å². The van der Waals surface area contributed by atoms with Crippen molar-refractivity contribution in [2.45, 2.75) is 10.2 Å². The molecule has 2 N–H and O–H groups in total. The number of ether oxygens (including phenoxy) is 1. The molecule has 0 fully saturated rings. The maximum absolute atomic E-state index is 5.95. The van der Waals surface area contributed by atoms with Crippen LogP contribution in [0, 0.1) is 0 Å². The lowest BCUT2D eigenvalue weighted by Crippen LogP contribution is -1.95. The molecular formula is C21H14ClN5O2S2. The summed E-state index contributed by atoms with van der Waals surface area (Å²) in [5, 5.41) is 9.92. The third-order valence-electron chi connectivity index (χ3n) is 4.41. The minimum atomic E-state index is 0.187. The Labute approximate surface area is 190 Å². The second-order valence-electron chi connectivity index (χ2n) is 6.42. The molecule has 5 aromatic rings. The van der Waals surface area contributed by atoms with Gasteiger partial charge in [-0.2, -0.15) is 0 Å². The number of hydrogen-bond acceptors (Lipinski definition) is 9. The van der Waals surface area contributed by atoms with E-state index in [1.807, 2.05) is 42.5 Å². The molecule has 3 heterocycles. The molecule has 7 nitrogen and oxygen atoms in total. The molecule has 0 amide bonds. The first kappa shape index (κ1) is 19.8. The number of halogens is 1. The van der Waals surface area contributed by atoms with Crippen molar-refractivity contribution in [1.82, 2.24) is 20.2 Å². The number of anilines is 1. The number of nitrogen functional groups attached to an aromatic ring is 1. The molecule has 31 heavy (non-hydrogen) atoms. The van der Waals surface area contributed by atoms with E-state index < -0.39 is 0 Å². The van der Waals surface area contributed by atoms with Crippen LogP contribution in [-0.2, 0) is 0 Å². The normalized spacial score (nSPS) is 11.2. The van der Waals surface area contributed by atoms with E-state index in [0.717, 1.165) is 32.0 Å². The highest BCUT2D eigenvalue weighted by atomic mass is 35.5. The first-order valence-electron chi connectivity index (χ1n) is 9.08. The lowest BCUT2D eigenvalue weighted by Gasteiger charge is -2.00. The van der Waals surface area contributed by atoms with Crippen LogP contribution < -0.4 is 10.5 Å². The fourth-order valence-electron chi connectivity index (χ4n) is 2.93. The van der Waals surface area contributed by atoms with Gasteiger partial charge in [0.1, 0.15) is 10.8 Å². The van der Waals surface area contributed by atoms with E-state index in [1.165, 1.54) is 11.8 Å². The summed E-state index contributed by atoms with van der Waals surface area (Å²) in [6.45, 7) is 0. The van der Waals surface area contributed by atoms with Crippen LogP contribution in [0.5, 0.6) is 5.75 Å². The van der Waals surface area contributed by atoms with E-state index in [2.05, 4.69) is 20.2 Å². The lowest BCUT2D eigenvalue weighted by molar-refractivity contribution is 0.415. The van der Waals surface area contributed by atoms with Crippen LogP contribution in [0.1, 0.15) is 0 Å². The molecule has 154 valence electrons. The second kappa shape index (κ2) is 8.18. The van der Waals surface area contributed by atoms with E-state index in [-0.39, 0.29) is 5.95 Å². The van der Waals surface area contributed by atoms with Crippen LogP contribution in [0.4, 0.5) is 5.95 Å². The molecule has 0 atom stereocenters. The number of hydrogen-bond donors (Lipinski definition) is 1. The molecule has 0 unspecified atom stereocenters. The van der Waals surface area contributed by atoms with Crippen molar-refractivity contribution in [2.75, 3.05) is 12.8 Å². The zero-order valence-electron chi connectivity index (χ0n) is 16.1. The van der Waals surface area contributed by atoms with E-state index in [9.17, 15) is 0 Å². The first-order chi connectivity index (χ1) is 15.1. The number of rotatable bonds is 5. The summed E-state index contributed by atoms with van der Waals surface area (Å²) in [7, 11) is 1.65. The number of nitrogens with two attached hydrogens (primary N) is 1. The Balaban J connectivity index is 1.48. The highest BCUT2D eigenvalue weighted by molar-refractivity contribution is 7.99. The third kappa shape index (κ3) is 4.07. The minimum Gasteiger partial charge on any atom is -0.497 e. The number of methoxy groups -OCH3 is 1. The molecule has 0 aliphatic rings. The SMILES string of the molecule is COc1ccc(-c2cc3nc(N)nc(Sc4nnc(-c5ccc(Cl)cc5)o4)c3s2)cc1. The topological polar surface area (TPSA) is 100.0 Å². The molecule has 0 aliphatic carbocycles. The van der Waals surface area contributed by atoms with E-state index in [4.69, 9.17) is 26.5 Å². The Morgan fingerprint density at radius 1 is 1.00 bits per heavy atom. The highest BCUT2D eigenvalue weighted by Crippen LogP contribution is 2.40. The van der Waals surface area contributed by atoms with Crippen molar-refractivity contribution < 1.29 is 9.15 Å². The molecule has 3 aromatic heterocycles. The van der Waals surface area contributed by atoms with Crippen LogP contribution >= 0.6 is 34.7 Å². The molecule has 0 saturated carbocycles. The number of nitrogens with zero attached hydrogens (tertiary/aromatic N) is 4. The van der Waals surface area contributed by atoms with Gasteiger partial charge in [0.15, 0.2) is 0 Å². The summed E-state index contributed by atoms with van der Waals surface area (Å²) in [5.41, 5.74) is 8.56. The Morgan fingerprint density at radius 2 is 1.74 bits per heavy atom. The van der Waals surface area contributed by atoms with Crippen molar-refractivity contribution in [3.05, 3.63) is 59.6 Å². The van der Waals surface area contributed by atoms with Gasteiger partial charge in [0.25, 0.3) is 5.22 Å². The zero-order chi connectivity index (χ0) is 21.4. The fraction of sp³-hybridized carbons (Fsp3) is 0.0476. The van der Waals surface area contributed by atoms with Gasteiger partial charge < -0.3 is 14.9 Å². The molecule has 0 aliphatic heterocycles. The molecule has 10 heteroatoms. The van der Waals surface area contributed by atoms with Gasteiger partial charge in [0.05, 0.1) is 17.3 Å². The molecule has 2 aromatic carbocycles. The number of aromatic nitrogens is 4. The van der Waals surface area contributed by atoms with Gasteiger partial charge in [-0.3, -0.25) is 0 Å². The van der Waals surface area contributed by atoms with Crippen molar-refractivity contribution in [3.8, 4) is 27.6 Å². The van der Waals surface area contributed by atoms with Gasteiger partial charge in [-0.25, -0.2) is 9.97 Å². The van der Waals surface area contributed by atoms with Crippen LogP contribution in [0.15, 0.2) is 69.3 Å². The van der Waals surface area contributed by atoms with Gasteiger partial charge in [-0.15, -0.1) is 21.5 Å². The van der Waals surface area contributed by atoms with Gasteiger partial charge in [0.2, 0.25) is 11.8 Å². The molecule has 0 radical (unpaired) electrons. The lowest BCUT2D eigenvalue weighted by atomic mass is 10.2. The summed E-state index contributed by atoms with van der Waals surface area (Å²) >= 11 is 8.78. The fourth-order valence-corrected chi connectivity index (χ4v) is 5.00. The first-order valence-corrected chi connectivity index (χ1v) is 11.1. The second-order valence-corrected chi connectivity index (χ2v) is 8.85. The van der Waals surface area contributed by atoms with Crippen LogP contribution in [0.3, 0.4) is 0 Å². The third-order valence-corrected chi connectivity index (χ3v) is 6.80. The molecule has 0 bridgehead atoms.